The maximum atomic E-state index is 13.6. The van der Waals surface area contributed by atoms with Gasteiger partial charge in [-0.1, -0.05) is 0 Å². The number of carbonyl (C=O) groups is 2. The summed E-state index contributed by atoms with van der Waals surface area (Å²) in [5.74, 6) is 0.432. The van der Waals surface area contributed by atoms with E-state index in [1.807, 2.05) is 0 Å². The summed E-state index contributed by atoms with van der Waals surface area (Å²) in [5.41, 5.74) is -0.408. The number of aliphatic hydroxyl groups is 1. The van der Waals surface area contributed by atoms with Gasteiger partial charge in [-0.2, -0.15) is 0 Å². The maximum absolute atomic E-state index is 13.6. The number of piperidine rings is 1. The Bertz CT molecular complexity index is 584. The van der Waals surface area contributed by atoms with Crippen LogP contribution in [0.5, 0.6) is 0 Å². The molecule has 0 aromatic rings. The highest BCUT2D eigenvalue weighted by Crippen LogP contribution is 2.39. The highest BCUT2D eigenvalue weighted by molar-refractivity contribution is 5.87. The Morgan fingerprint density at radius 1 is 1.00 bits per heavy atom. The van der Waals surface area contributed by atoms with Crippen molar-refractivity contribution in [2.24, 2.45) is 5.92 Å². The molecule has 2 N–H and O–H groups in total. The van der Waals surface area contributed by atoms with Crippen LogP contribution in [-0.4, -0.2) is 95.6 Å². The van der Waals surface area contributed by atoms with Gasteiger partial charge < -0.3 is 20.2 Å². The smallest absolute Gasteiger partial charge is 0.243 e. The number of rotatable bonds is 3. The number of nitrogens with zero attached hydrogens (tertiary/aromatic N) is 3. The third-order valence-corrected chi connectivity index (χ3v) is 7.50. The number of carbonyl (C=O) groups excluding carboxylic acids is 2. The molecular weight excluding hydrogens is 356 g/mol. The van der Waals surface area contributed by atoms with Crippen molar-refractivity contribution in [3.05, 3.63) is 0 Å². The van der Waals surface area contributed by atoms with Gasteiger partial charge in [-0.25, -0.2) is 0 Å². The van der Waals surface area contributed by atoms with Gasteiger partial charge >= 0.3 is 0 Å². The predicted molar refractivity (Wildman–Crippen MR) is 107 cm³/mol. The van der Waals surface area contributed by atoms with E-state index < -0.39 is 5.54 Å². The molecule has 28 heavy (non-hydrogen) atoms. The summed E-state index contributed by atoms with van der Waals surface area (Å²) < 4.78 is 0. The van der Waals surface area contributed by atoms with Crippen molar-refractivity contribution in [3.8, 4) is 0 Å². The van der Waals surface area contributed by atoms with Gasteiger partial charge in [0.15, 0.2) is 0 Å². The van der Waals surface area contributed by atoms with E-state index in [-0.39, 0.29) is 29.9 Å². The van der Waals surface area contributed by atoms with Crippen molar-refractivity contribution in [3.63, 3.8) is 0 Å². The second-order valence-corrected chi connectivity index (χ2v) is 9.45. The molecule has 0 radical (unpaired) electrons. The lowest BCUT2D eigenvalue weighted by molar-refractivity contribution is -0.146. The number of hydrogen-bond donors (Lipinski definition) is 2. The molecular formula is C21H36N4O3. The first-order valence-corrected chi connectivity index (χ1v) is 11.2. The van der Waals surface area contributed by atoms with Gasteiger partial charge in [0, 0.05) is 44.7 Å². The van der Waals surface area contributed by atoms with Crippen LogP contribution in [0.1, 0.15) is 51.4 Å². The van der Waals surface area contributed by atoms with Gasteiger partial charge in [0.2, 0.25) is 11.8 Å². The Hall–Kier alpha value is -1.18. The Morgan fingerprint density at radius 3 is 2.43 bits per heavy atom. The zero-order valence-corrected chi connectivity index (χ0v) is 17.2. The van der Waals surface area contributed by atoms with Crippen LogP contribution < -0.4 is 5.32 Å². The van der Waals surface area contributed by atoms with Crippen LogP contribution in [-0.2, 0) is 9.59 Å². The molecule has 2 amide bonds. The monoisotopic (exact) mass is 392 g/mol. The number of likely N-dealkylation sites (N-methyl/N-ethyl adjacent to an activating group) is 1. The van der Waals surface area contributed by atoms with E-state index in [0.717, 1.165) is 90.6 Å². The largest absolute Gasteiger partial charge is 0.393 e. The molecule has 158 valence electrons. The zero-order valence-electron chi connectivity index (χ0n) is 17.2. The standard InChI is InChI=1S/C21H36N4O3/c1-23-10-12-24(13-11-23)20(28)21-8-2-3-9-25(21)15-17(14-21)22-19(27)16-4-6-18(26)7-5-16/h16-18,26H,2-15H2,1H3,(H,22,27)/t16?,17?,18?,21-/m0/s1. The molecule has 4 fully saturated rings. The minimum Gasteiger partial charge on any atom is -0.393 e. The topological polar surface area (TPSA) is 76.1 Å². The SMILES string of the molecule is CN1CCN(C(=O)[C@@]23CCCCN2CC(NC(=O)C2CCC(O)CC2)C3)CC1. The molecule has 7 nitrogen and oxygen atoms in total. The summed E-state index contributed by atoms with van der Waals surface area (Å²) in [6.45, 7) is 5.26. The average molecular weight is 393 g/mol. The average Bonchev–Trinajstić information content (AvgIpc) is 3.07. The predicted octanol–water partition coefficient (Wildman–Crippen LogP) is 0.425. The quantitative estimate of drug-likeness (QED) is 0.728. The molecule has 3 aliphatic heterocycles. The molecule has 3 saturated heterocycles. The molecule has 0 aromatic heterocycles. The first-order valence-electron chi connectivity index (χ1n) is 11.2. The summed E-state index contributed by atoms with van der Waals surface area (Å²) in [5, 5.41) is 13.0. The molecule has 1 saturated carbocycles. The van der Waals surface area contributed by atoms with Crippen molar-refractivity contribution in [1.82, 2.24) is 20.0 Å². The van der Waals surface area contributed by atoms with Gasteiger partial charge in [-0.05, 0) is 65.0 Å². The molecule has 0 bridgehead atoms. The molecule has 4 aliphatic rings. The van der Waals surface area contributed by atoms with Crippen LogP contribution >= 0.6 is 0 Å². The summed E-state index contributed by atoms with van der Waals surface area (Å²) >= 11 is 0. The highest BCUT2D eigenvalue weighted by Gasteiger charge is 2.53. The molecule has 7 heteroatoms. The number of fused-ring (bicyclic) bond motifs is 1. The zero-order chi connectivity index (χ0) is 19.7. The van der Waals surface area contributed by atoms with E-state index in [0.29, 0.717) is 0 Å². The summed E-state index contributed by atoms with van der Waals surface area (Å²) in [6, 6.07) is 0.0638. The third-order valence-electron chi connectivity index (χ3n) is 7.50. The van der Waals surface area contributed by atoms with E-state index in [1.165, 1.54) is 0 Å². The molecule has 1 unspecified atom stereocenters. The van der Waals surface area contributed by atoms with Crippen LogP contribution in [0.2, 0.25) is 0 Å². The second-order valence-electron chi connectivity index (χ2n) is 9.45. The number of amides is 2. The first-order chi connectivity index (χ1) is 13.5. The summed E-state index contributed by atoms with van der Waals surface area (Å²) in [7, 11) is 2.11. The molecule has 4 rings (SSSR count). The number of piperazine rings is 1. The van der Waals surface area contributed by atoms with Crippen molar-refractivity contribution < 1.29 is 14.7 Å². The molecule has 2 atom stereocenters. The lowest BCUT2D eigenvalue weighted by atomic mass is 9.83. The van der Waals surface area contributed by atoms with E-state index in [1.54, 1.807) is 0 Å². The maximum Gasteiger partial charge on any atom is 0.243 e. The van der Waals surface area contributed by atoms with Crippen LogP contribution in [0.25, 0.3) is 0 Å². The molecule has 1 aliphatic carbocycles. The van der Waals surface area contributed by atoms with E-state index in [4.69, 9.17) is 0 Å². The van der Waals surface area contributed by atoms with E-state index >= 15 is 0 Å². The fourth-order valence-corrected chi connectivity index (χ4v) is 5.71. The highest BCUT2D eigenvalue weighted by atomic mass is 16.3. The van der Waals surface area contributed by atoms with Crippen LogP contribution in [0, 0.1) is 5.92 Å². The van der Waals surface area contributed by atoms with Crippen molar-refractivity contribution in [2.45, 2.75) is 69.1 Å². The van der Waals surface area contributed by atoms with Crippen molar-refractivity contribution in [1.29, 1.82) is 0 Å². The van der Waals surface area contributed by atoms with Gasteiger partial charge in [-0.3, -0.25) is 14.5 Å². The minimum atomic E-state index is -0.408. The lowest BCUT2D eigenvalue weighted by Gasteiger charge is -2.45. The lowest BCUT2D eigenvalue weighted by Crippen LogP contribution is -2.61. The van der Waals surface area contributed by atoms with Crippen LogP contribution in [0.4, 0.5) is 0 Å². The minimum absolute atomic E-state index is 0.0188. The van der Waals surface area contributed by atoms with Gasteiger partial charge in [0.1, 0.15) is 5.54 Å². The Balaban J connectivity index is 1.41. The van der Waals surface area contributed by atoms with Crippen molar-refractivity contribution >= 4 is 11.8 Å². The van der Waals surface area contributed by atoms with Crippen molar-refractivity contribution in [2.75, 3.05) is 46.3 Å². The number of nitrogens with one attached hydrogen (secondary N) is 1. The molecule has 0 spiro atoms. The molecule has 3 heterocycles. The van der Waals surface area contributed by atoms with E-state index in [9.17, 15) is 14.7 Å². The fourth-order valence-electron chi connectivity index (χ4n) is 5.71. The Kier molecular flexibility index (Phi) is 5.95. The van der Waals surface area contributed by atoms with Crippen LogP contribution in [0.15, 0.2) is 0 Å². The Labute approximate surface area is 168 Å². The summed E-state index contributed by atoms with van der Waals surface area (Å²) in [6.07, 6.45) is 6.65. The summed E-state index contributed by atoms with van der Waals surface area (Å²) in [4.78, 5) is 33.0. The number of hydrogen-bond acceptors (Lipinski definition) is 5. The first kappa shape index (κ1) is 20.1. The van der Waals surface area contributed by atoms with Gasteiger partial charge in [0.05, 0.1) is 6.10 Å². The van der Waals surface area contributed by atoms with Gasteiger partial charge in [-0.15, -0.1) is 0 Å². The van der Waals surface area contributed by atoms with E-state index in [2.05, 4.69) is 27.1 Å². The van der Waals surface area contributed by atoms with Gasteiger partial charge in [0.25, 0.3) is 0 Å². The van der Waals surface area contributed by atoms with Crippen LogP contribution in [0.3, 0.4) is 0 Å². The molecule has 0 aromatic carbocycles. The fraction of sp³-hybridized carbons (Fsp3) is 0.905. The number of aliphatic hydroxyl groups excluding tert-OH is 1. The second kappa shape index (κ2) is 8.28. The third kappa shape index (κ3) is 3.94. The normalized spacial score (nSPS) is 37.5. The Morgan fingerprint density at radius 2 is 1.71 bits per heavy atom.